The largest absolute Gasteiger partial charge is 0.288 e. The molecule has 0 aromatic heterocycles. The molecule has 0 saturated carbocycles. The summed E-state index contributed by atoms with van der Waals surface area (Å²) in [5.41, 5.74) is 1.59. The molecule has 0 radical (unpaired) electrons. The lowest BCUT2D eigenvalue weighted by molar-refractivity contribution is 0.104. The summed E-state index contributed by atoms with van der Waals surface area (Å²) in [6, 6.07) is 22.6. The van der Waals surface area contributed by atoms with Crippen molar-refractivity contribution in [3.63, 3.8) is 0 Å². The Balaban J connectivity index is 2.06. The second kappa shape index (κ2) is 8.99. The first-order chi connectivity index (χ1) is 13.3. The molecule has 6 heteroatoms. The lowest BCUT2D eigenvalue weighted by Crippen LogP contribution is -2.16. The molecule has 0 bridgehead atoms. The van der Waals surface area contributed by atoms with E-state index in [2.05, 4.69) is 31.9 Å². The molecule has 0 aliphatic rings. The molecule has 0 atom stereocenters. The highest BCUT2D eigenvalue weighted by atomic mass is 79.9. The van der Waals surface area contributed by atoms with E-state index in [1.54, 1.807) is 72.8 Å². The van der Waals surface area contributed by atoms with Gasteiger partial charge in [0.2, 0.25) is 5.78 Å². The molecule has 0 heterocycles. The summed E-state index contributed by atoms with van der Waals surface area (Å²) in [5, 5.41) is 0. The standard InChI is InChI=1S/C22H16Br2O3S/c23-19-10-6-16(7-11-19)14-21(22(25)18-8-12-20(24)13-9-18)28(26,27)15-17-4-2-1-3-5-17/h1-14H,15H2/b21-14+. The molecule has 0 spiro atoms. The van der Waals surface area contributed by atoms with Gasteiger partial charge in [-0.3, -0.25) is 4.79 Å². The average molecular weight is 520 g/mol. The van der Waals surface area contributed by atoms with Crippen molar-refractivity contribution >= 4 is 53.6 Å². The molecular weight excluding hydrogens is 504 g/mol. The third-order valence-corrected chi connectivity index (χ3v) is 6.78. The van der Waals surface area contributed by atoms with Gasteiger partial charge in [-0.05, 0) is 53.6 Å². The SMILES string of the molecule is O=C(/C(=C\c1ccc(Br)cc1)S(=O)(=O)Cc1ccccc1)c1ccc(Br)cc1. The molecule has 3 aromatic rings. The van der Waals surface area contributed by atoms with Crippen molar-refractivity contribution in [1.82, 2.24) is 0 Å². The zero-order valence-corrected chi connectivity index (χ0v) is 18.7. The Morgan fingerprint density at radius 3 is 1.89 bits per heavy atom. The van der Waals surface area contributed by atoms with Crippen LogP contribution in [-0.2, 0) is 15.6 Å². The van der Waals surface area contributed by atoms with Crippen LogP contribution in [0.5, 0.6) is 0 Å². The smallest absolute Gasteiger partial charge is 0.204 e. The fourth-order valence-corrected chi connectivity index (χ4v) is 4.65. The van der Waals surface area contributed by atoms with Gasteiger partial charge in [0.25, 0.3) is 0 Å². The quantitative estimate of drug-likeness (QED) is 0.294. The van der Waals surface area contributed by atoms with Crippen LogP contribution in [0.2, 0.25) is 0 Å². The maximum Gasteiger partial charge on any atom is 0.204 e. The highest BCUT2D eigenvalue weighted by Gasteiger charge is 2.26. The minimum Gasteiger partial charge on any atom is -0.288 e. The molecule has 3 rings (SSSR count). The predicted octanol–water partition coefficient (Wildman–Crippen LogP) is 6.05. The molecule has 0 amide bonds. The number of carbonyl (C=O) groups excluding carboxylic acids is 1. The third-order valence-electron chi connectivity index (χ3n) is 4.03. The van der Waals surface area contributed by atoms with E-state index in [0.717, 1.165) is 8.95 Å². The fourth-order valence-electron chi connectivity index (χ4n) is 2.62. The Labute approximate surface area is 181 Å². The fraction of sp³-hybridized carbons (Fsp3) is 0.0455. The van der Waals surface area contributed by atoms with Gasteiger partial charge in [-0.1, -0.05) is 74.3 Å². The average Bonchev–Trinajstić information content (AvgIpc) is 2.68. The molecule has 0 aliphatic carbocycles. The van der Waals surface area contributed by atoms with Crippen molar-refractivity contribution in [2.45, 2.75) is 5.75 Å². The van der Waals surface area contributed by atoms with Gasteiger partial charge in [0, 0.05) is 14.5 Å². The first kappa shape index (κ1) is 20.7. The summed E-state index contributed by atoms with van der Waals surface area (Å²) in [4.78, 5) is 12.9. The first-order valence-electron chi connectivity index (χ1n) is 8.39. The number of carbonyl (C=O) groups is 1. The maximum atomic E-state index is 13.1. The summed E-state index contributed by atoms with van der Waals surface area (Å²) in [5.74, 6) is -0.760. The molecule has 3 nitrogen and oxygen atoms in total. The van der Waals surface area contributed by atoms with Crippen LogP contribution in [0.15, 0.2) is 92.7 Å². The number of Topliss-reactive ketones (excluding diaryl/α,β-unsaturated/α-hetero) is 1. The maximum absolute atomic E-state index is 13.1. The van der Waals surface area contributed by atoms with E-state index in [4.69, 9.17) is 0 Å². The van der Waals surface area contributed by atoms with Gasteiger partial charge in [-0.2, -0.15) is 0 Å². The van der Waals surface area contributed by atoms with Gasteiger partial charge in [-0.15, -0.1) is 0 Å². The summed E-state index contributed by atoms with van der Waals surface area (Å²) in [7, 11) is -3.85. The Bertz CT molecular complexity index is 1100. The highest BCUT2D eigenvalue weighted by Crippen LogP contribution is 2.24. The van der Waals surface area contributed by atoms with Crippen molar-refractivity contribution in [3.05, 3.63) is 109 Å². The number of halogens is 2. The van der Waals surface area contributed by atoms with Crippen LogP contribution < -0.4 is 0 Å². The number of hydrogen-bond acceptors (Lipinski definition) is 3. The van der Waals surface area contributed by atoms with Crippen LogP contribution in [0.3, 0.4) is 0 Å². The molecular formula is C22H16Br2O3S. The third kappa shape index (κ3) is 5.28. The van der Waals surface area contributed by atoms with Crippen molar-refractivity contribution in [2.75, 3.05) is 0 Å². The molecule has 0 aliphatic heterocycles. The molecule has 0 fully saturated rings. The minimum absolute atomic E-state index is 0.221. The van der Waals surface area contributed by atoms with E-state index in [-0.39, 0.29) is 10.7 Å². The van der Waals surface area contributed by atoms with E-state index in [1.165, 1.54) is 6.08 Å². The van der Waals surface area contributed by atoms with E-state index in [0.29, 0.717) is 16.7 Å². The van der Waals surface area contributed by atoms with Gasteiger partial charge >= 0.3 is 0 Å². The summed E-state index contributed by atoms with van der Waals surface area (Å²) in [6.45, 7) is 0. The van der Waals surface area contributed by atoms with Gasteiger partial charge < -0.3 is 0 Å². The first-order valence-corrected chi connectivity index (χ1v) is 11.6. The van der Waals surface area contributed by atoms with Crippen molar-refractivity contribution in [2.24, 2.45) is 0 Å². The van der Waals surface area contributed by atoms with Crippen LogP contribution in [-0.4, -0.2) is 14.2 Å². The molecule has 0 saturated heterocycles. The van der Waals surface area contributed by atoms with Crippen LogP contribution in [0, 0.1) is 0 Å². The molecule has 142 valence electrons. The second-order valence-corrected chi connectivity index (χ2v) is 9.93. The van der Waals surface area contributed by atoms with Gasteiger partial charge in [0.1, 0.15) is 4.91 Å². The highest BCUT2D eigenvalue weighted by molar-refractivity contribution is 9.10. The topological polar surface area (TPSA) is 51.2 Å². The van der Waals surface area contributed by atoms with Gasteiger partial charge in [0.05, 0.1) is 5.75 Å². The van der Waals surface area contributed by atoms with Crippen LogP contribution in [0.25, 0.3) is 6.08 Å². The number of benzene rings is 3. The Morgan fingerprint density at radius 2 is 1.32 bits per heavy atom. The molecule has 0 N–H and O–H groups in total. The zero-order chi connectivity index (χ0) is 20.1. The number of sulfone groups is 1. The number of allylic oxidation sites excluding steroid dienone is 1. The number of ketones is 1. The van der Waals surface area contributed by atoms with Gasteiger partial charge in [-0.25, -0.2) is 8.42 Å². The summed E-state index contributed by atoms with van der Waals surface area (Å²) >= 11 is 6.68. The number of hydrogen-bond donors (Lipinski definition) is 0. The van der Waals surface area contributed by atoms with E-state index >= 15 is 0 Å². The predicted molar refractivity (Wildman–Crippen MR) is 120 cm³/mol. The van der Waals surface area contributed by atoms with E-state index in [9.17, 15) is 13.2 Å². The molecule has 28 heavy (non-hydrogen) atoms. The normalized spacial score (nSPS) is 12.0. The lowest BCUT2D eigenvalue weighted by Gasteiger charge is -2.10. The monoisotopic (exact) mass is 518 g/mol. The van der Waals surface area contributed by atoms with Crippen LogP contribution in [0.4, 0.5) is 0 Å². The van der Waals surface area contributed by atoms with Crippen LogP contribution >= 0.6 is 31.9 Å². The van der Waals surface area contributed by atoms with Gasteiger partial charge in [0.15, 0.2) is 9.84 Å². The van der Waals surface area contributed by atoms with Crippen molar-refractivity contribution in [1.29, 1.82) is 0 Å². The number of rotatable bonds is 6. The lowest BCUT2D eigenvalue weighted by atomic mass is 10.1. The summed E-state index contributed by atoms with van der Waals surface area (Å²) < 4.78 is 28.0. The minimum atomic E-state index is -3.85. The second-order valence-electron chi connectivity index (χ2n) is 6.14. The zero-order valence-electron chi connectivity index (χ0n) is 14.7. The summed E-state index contributed by atoms with van der Waals surface area (Å²) in [6.07, 6.45) is 1.44. The Kier molecular flexibility index (Phi) is 6.65. The Morgan fingerprint density at radius 1 is 0.786 bits per heavy atom. The van der Waals surface area contributed by atoms with Crippen LogP contribution in [0.1, 0.15) is 21.5 Å². The van der Waals surface area contributed by atoms with Crippen molar-refractivity contribution in [3.8, 4) is 0 Å². The van der Waals surface area contributed by atoms with E-state index in [1.807, 2.05) is 6.07 Å². The van der Waals surface area contributed by atoms with E-state index < -0.39 is 15.6 Å². The molecule has 0 unspecified atom stereocenters. The molecule has 3 aromatic carbocycles. The Hall–Kier alpha value is -2.02. The van der Waals surface area contributed by atoms with Crippen molar-refractivity contribution < 1.29 is 13.2 Å².